The van der Waals surface area contributed by atoms with Crippen LogP contribution in [0.2, 0.25) is 0 Å². The fourth-order valence-electron chi connectivity index (χ4n) is 7.79. The minimum absolute atomic E-state index is 0.101. The van der Waals surface area contributed by atoms with Crippen molar-refractivity contribution in [1.29, 1.82) is 0 Å². The highest BCUT2D eigenvalue weighted by Gasteiger charge is 2.76. The van der Waals surface area contributed by atoms with Gasteiger partial charge in [0.05, 0.1) is 23.0 Å². The van der Waals surface area contributed by atoms with Crippen LogP contribution in [-0.4, -0.2) is 48.8 Å². The summed E-state index contributed by atoms with van der Waals surface area (Å²) in [4.78, 5) is 54.3. The molecule has 0 aromatic heterocycles. The van der Waals surface area contributed by atoms with Gasteiger partial charge in [0, 0.05) is 11.5 Å². The van der Waals surface area contributed by atoms with Gasteiger partial charge in [-0.2, -0.15) is 0 Å². The van der Waals surface area contributed by atoms with Crippen molar-refractivity contribution in [2.45, 2.75) is 41.9 Å². The number of fused-ring (bicyclic) bond motifs is 5. The number of benzene rings is 3. The van der Waals surface area contributed by atoms with E-state index in [-0.39, 0.29) is 35.9 Å². The zero-order valence-electron chi connectivity index (χ0n) is 23.1. The molecule has 7 rings (SSSR count). The second-order valence-corrected chi connectivity index (χ2v) is 13.5. The number of likely N-dealkylation sites (tertiary alicyclic amines) is 1. The number of hydrogen-bond donors (Lipinski definition) is 1. The Morgan fingerprint density at radius 2 is 1.65 bits per heavy atom. The normalized spacial score (nSPS) is 31.8. The fourth-order valence-corrected chi connectivity index (χ4v) is 9.20. The van der Waals surface area contributed by atoms with Crippen LogP contribution in [0.25, 0.3) is 10.8 Å². The van der Waals surface area contributed by atoms with Crippen LogP contribution in [0.3, 0.4) is 0 Å². The number of alkyl halides is 3. The van der Waals surface area contributed by atoms with Gasteiger partial charge in [-0.15, -0.1) is 23.2 Å². The van der Waals surface area contributed by atoms with Crippen molar-refractivity contribution >= 4 is 79.2 Å². The molecule has 2 aliphatic carbocycles. The minimum atomic E-state index is -1.99. The topological polar surface area (TPSA) is 95.0 Å². The molecule has 0 unspecified atom stereocenters. The molecule has 2 heterocycles. The van der Waals surface area contributed by atoms with Gasteiger partial charge in [-0.25, -0.2) is 0 Å². The molecule has 3 aromatic rings. The highest BCUT2D eigenvalue weighted by Crippen LogP contribution is 2.66. The Balaban J connectivity index is 1.43. The van der Waals surface area contributed by atoms with Crippen molar-refractivity contribution in [2.75, 3.05) is 10.4 Å². The van der Waals surface area contributed by atoms with Crippen molar-refractivity contribution in [3.8, 4) is 5.75 Å². The lowest BCUT2D eigenvalue weighted by molar-refractivity contribution is -0.138. The molecule has 4 aliphatic rings. The summed E-state index contributed by atoms with van der Waals surface area (Å²) in [6.07, 6.45) is 2.84. The van der Waals surface area contributed by atoms with E-state index in [9.17, 15) is 24.3 Å². The van der Waals surface area contributed by atoms with Crippen LogP contribution < -0.4 is 4.90 Å². The van der Waals surface area contributed by atoms with Gasteiger partial charge >= 0.3 is 0 Å². The van der Waals surface area contributed by atoms with Crippen LogP contribution >= 0.6 is 39.1 Å². The Bertz CT molecular complexity index is 1780. The molecule has 2 saturated heterocycles. The van der Waals surface area contributed by atoms with E-state index in [0.717, 1.165) is 22.3 Å². The number of allylic oxidation sites excluding steroid dienone is 2. The van der Waals surface area contributed by atoms with E-state index < -0.39 is 45.2 Å². The Morgan fingerprint density at radius 1 is 0.930 bits per heavy atom. The molecule has 1 N–H and O–H groups in total. The molecule has 7 nitrogen and oxygen atoms in total. The first-order chi connectivity index (χ1) is 20.6. The maximum atomic E-state index is 14.2. The number of aromatic hydroxyl groups is 1. The zero-order chi connectivity index (χ0) is 30.4. The van der Waals surface area contributed by atoms with Crippen LogP contribution in [0.4, 0.5) is 5.69 Å². The molecular formula is C33H27BrCl2N2O5. The molecule has 220 valence electrons. The van der Waals surface area contributed by atoms with Crippen molar-refractivity contribution in [1.82, 2.24) is 4.90 Å². The number of aryl methyl sites for hydroxylation is 1. The molecular weight excluding hydrogens is 655 g/mol. The molecule has 10 heteroatoms. The monoisotopic (exact) mass is 680 g/mol. The summed E-state index contributed by atoms with van der Waals surface area (Å²) >= 11 is 17.9. The summed E-state index contributed by atoms with van der Waals surface area (Å²) < 4.78 is 0. The van der Waals surface area contributed by atoms with Gasteiger partial charge in [0.25, 0.3) is 11.8 Å². The fraction of sp³-hybridized carbons (Fsp3) is 0.333. The third-order valence-corrected chi connectivity index (χ3v) is 11.8. The summed E-state index contributed by atoms with van der Waals surface area (Å²) in [6.45, 7) is 2.03. The van der Waals surface area contributed by atoms with Crippen LogP contribution in [0.1, 0.15) is 36.8 Å². The predicted octanol–water partition coefficient (Wildman–Crippen LogP) is 6.02. The second-order valence-electron chi connectivity index (χ2n) is 11.7. The summed E-state index contributed by atoms with van der Waals surface area (Å²) in [6, 6.07) is 18.0. The molecule has 4 amide bonds. The maximum absolute atomic E-state index is 14.2. The van der Waals surface area contributed by atoms with Crippen LogP contribution in [0.15, 0.2) is 72.3 Å². The average molecular weight is 682 g/mol. The SMILES string of the molecule is CCc1ccc(N2C(=O)[C@H]3[C@H](CC=C4[C@H]3C[C@@]3(Cl)C(=O)N(CBr)C(=O)[C@@]3(Cl)[C@H]4c3c(O)ccc4ccccc34)C2=O)cc1. The molecule has 3 fully saturated rings. The highest BCUT2D eigenvalue weighted by molar-refractivity contribution is 9.09. The first-order valence-electron chi connectivity index (χ1n) is 14.3. The van der Waals surface area contributed by atoms with Crippen LogP contribution in [0.5, 0.6) is 5.75 Å². The Labute approximate surface area is 266 Å². The lowest BCUT2D eigenvalue weighted by Crippen LogP contribution is -2.60. The molecule has 0 spiro atoms. The molecule has 1 saturated carbocycles. The number of amides is 4. The standard InChI is InChI=1S/C33H27BrCl2N2O5/c1-2-17-7-10-19(11-8-17)38-28(40)22-13-12-21-23(25(22)29(38)41)15-32(35)30(42)37(16-34)31(43)33(32,36)27(21)26-20-6-4-3-5-18(20)9-14-24(26)39/h3-12,14,22-23,25,27,39H,2,13,15-16H2,1H3/t22-,23+,25-,27+,32+,33-/m0/s1. The molecule has 3 aromatic carbocycles. The number of imide groups is 2. The van der Waals surface area contributed by atoms with Crippen molar-refractivity contribution < 1.29 is 24.3 Å². The number of halogens is 3. The van der Waals surface area contributed by atoms with E-state index in [1.54, 1.807) is 24.3 Å². The molecule has 0 radical (unpaired) electrons. The van der Waals surface area contributed by atoms with Gasteiger partial charge in [0.15, 0.2) is 9.75 Å². The van der Waals surface area contributed by atoms with E-state index in [1.807, 2.05) is 49.4 Å². The first kappa shape index (κ1) is 28.6. The quantitative estimate of drug-likeness (QED) is 0.157. The van der Waals surface area contributed by atoms with Gasteiger partial charge in [0.2, 0.25) is 11.8 Å². The van der Waals surface area contributed by atoms with Crippen LogP contribution in [-0.2, 0) is 25.6 Å². The maximum Gasteiger partial charge on any atom is 0.254 e. The number of carbonyl (C=O) groups is 4. The largest absolute Gasteiger partial charge is 0.508 e. The molecule has 0 bridgehead atoms. The Morgan fingerprint density at radius 3 is 2.35 bits per heavy atom. The third-order valence-electron chi connectivity index (χ3n) is 9.85. The number of phenolic OH excluding ortho intramolecular Hbond substituents is 1. The number of phenols is 1. The summed E-state index contributed by atoms with van der Waals surface area (Å²) in [5, 5.41) is 12.8. The van der Waals surface area contributed by atoms with Crippen molar-refractivity contribution in [2.24, 2.45) is 17.8 Å². The van der Waals surface area contributed by atoms with Gasteiger partial charge in [-0.3, -0.25) is 29.0 Å². The van der Waals surface area contributed by atoms with Crippen molar-refractivity contribution in [3.05, 3.63) is 83.4 Å². The summed E-state index contributed by atoms with van der Waals surface area (Å²) in [7, 11) is 0. The van der Waals surface area contributed by atoms with Gasteiger partial charge in [0.1, 0.15) is 5.75 Å². The lowest BCUT2D eigenvalue weighted by atomic mass is 9.56. The summed E-state index contributed by atoms with van der Waals surface area (Å²) in [5.74, 6) is -5.29. The van der Waals surface area contributed by atoms with E-state index in [4.69, 9.17) is 23.2 Å². The first-order valence-corrected chi connectivity index (χ1v) is 16.1. The number of anilines is 1. The van der Waals surface area contributed by atoms with E-state index in [1.165, 1.54) is 4.90 Å². The molecule has 2 aliphatic heterocycles. The van der Waals surface area contributed by atoms with Crippen LogP contribution in [0, 0.1) is 17.8 Å². The molecule has 6 atom stereocenters. The van der Waals surface area contributed by atoms with Crippen molar-refractivity contribution in [3.63, 3.8) is 0 Å². The minimum Gasteiger partial charge on any atom is -0.508 e. The smallest absolute Gasteiger partial charge is 0.254 e. The molecule has 43 heavy (non-hydrogen) atoms. The van der Waals surface area contributed by atoms with E-state index >= 15 is 0 Å². The number of nitrogens with zero attached hydrogens (tertiary/aromatic N) is 2. The lowest BCUT2D eigenvalue weighted by Gasteiger charge is -2.51. The second kappa shape index (κ2) is 9.91. The average Bonchev–Trinajstić information content (AvgIpc) is 3.35. The van der Waals surface area contributed by atoms with E-state index in [0.29, 0.717) is 22.2 Å². The zero-order valence-corrected chi connectivity index (χ0v) is 26.2. The van der Waals surface area contributed by atoms with Gasteiger partial charge in [-0.05, 0) is 59.7 Å². The van der Waals surface area contributed by atoms with Gasteiger partial charge in [-0.1, -0.05) is 77.0 Å². The Hall–Kier alpha value is -3.20. The number of carbonyl (C=O) groups excluding carboxylic acids is 4. The summed E-state index contributed by atoms with van der Waals surface area (Å²) in [5.41, 5.74) is 2.47. The Kier molecular flexibility index (Phi) is 6.58. The highest BCUT2D eigenvalue weighted by atomic mass is 79.9. The van der Waals surface area contributed by atoms with E-state index in [2.05, 4.69) is 15.9 Å². The number of hydrogen-bond acceptors (Lipinski definition) is 5. The predicted molar refractivity (Wildman–Crippen MR) is 167 cm³/mol. The third kappa shape index (κ3) is 3.66. The van der Waals surface area contributed by atoms with Gasteiger partial charge < -0.3 is 5.11 Å². The number of rotatable bonds is 4.